The summed E-state index contributed by atoms with van der Waals surface area (Å²) in [6.45, 7) is 11.3. The Morgan fingerprint density at radius 1 is 1.12 bits per heavy atom. The first-order chi connectivity index (χ1) is 7.91. The zero-order valence-corrected chi connectivity index (χ0v) is 10.5. The highest BCUT2D eigenvalue weighted by Gasteiger charge is 2.19. The largest absolute Gasteiger partial charge is 0.463 e. The van der Waals surface area contributed by atoms with Crippen LogP contribution in [0, 0.1) is 5.41 Å². The summed E-state index contributed by atoms with van der Waals surface area (Å²) in [5.41, 5.74) is -0.140. The maximum Gasteiger partial charge on any atom is 0.330 e. The molecule has 0 aliphatic carbocycles. The molecule has 0 aromatic heterocycles. The van der Waals surface area contributed by atoms with Gasteiger partial charge in [0.15, 0.2) is 0 Å². The first kappa shape index (κ1) is 15.4. The minimum atomic E-state index is -0.420. The average molecular weight is 240 g/mol. The highest BCUT2D eigenvalue weighted by molar-refractivity contribution is 5.81. The Labute approximate surface area is 102 Å². The number of carbonyl (C=O) groups excluding carboxylic acids is 2. The van der Waals surface area contributed by atoms with Gasteiger partial charge in [0.25, 0.3) is 0 Å². The van der Waals surface area contributed by atoms with Crippen molar-refractivity contribution in [2.45, 2.75) is 26.7 Å². The van der Waals surface area contributed by atoms with Crippen LogP contribution >= 0.6 is 0 Å². The molecule has 0 aromatic carbocycles. The van der Waals surface area contributed by atoms with Crippen molar-refractivity contribution >= 4 is 11.9 Å². The van der Waals surface area contributed by atoms with E-state index in [-0.39, 0.29) is 5.41 Å². The van der Waals surface area contributed by atoms with Crippen LogP contribution in [0.1, 0.15) is 26.7 Å². The lowest BCUT2D eigenvalue weighted by molar-refractivity contribution is -0.140. The Morgan fingerprint density at radius 2 is 1.65 bits per heavy atom. The monoisotopic (exact) mass is 240 g/mol. The molecular formula is C13H20O4. The Morgan fingerprint density at radius 3 is 2.18 bits per heavy atom. The normalized spacial score (nSPS) is 10.5. The molecule has 0 spiro atoms. The van der Waals surface area contributed by atoms with Gasteiger partial charge in [-0.3, -0.25) is 0 Å². The number of carbonyl (C=O) groups is 2. The SMILES string of the molecule is C=CC(=O)OCCCC(C)(C)COC(=O)C=C. The molecule has 0 rings (SSSR count). The van der Waals surface area contributed by atoms with Gasteiger partial charge < -0.3 is 9.47 Å². The Hall–Kier alpha value is -1.58. The lowest BCUT2D eigenvalue weighted by atomic mass is 9.89. The number of esters is 2. The van der Waals surface area contributed by atoms with Crippen molar-refractivity contribution in [2.75, 3.05) is 13.2 Å². The summed E-state index contributed by atoms with van der Waals surface area (Å²) in [4.78, 5) is 21.7. The number of hydrogen-bond donors (Lipinski definition) is 0. The lowest BCUT2D eigenvalue weighted by Crippen LogP contribution is -2.22. The van der Waals surface area contributed by atoms with Crippen LogP contribution < -0.4 is 0 Å². The van der Waals surface area contributed by atoms with Crippen LogP contribution in [0.5, 0.6) is 0 Å². The van der Waals surface area contributed by atoms with E-state index in [1.54, 1.807) is 0 Å². The van der Waals surface area contributed by atoms with Crippen molar-refractivity contribution in [1.82, 2.24) is 0 Å². The van der Waals surface area contributed by atoms with E-state index in [1.165, 1.54) is 0 Å². The molecule has 0 radical (unpaired) electrons. The van der Waals surface area contributed by atoms with E-state index in [0.717, 1.165) is 25.0 Å². The topological polar surface area (TPSA) is 52.6 Å². The van der Waals surface area contributed by atoms with E-state index in [9.17, 15) is 9.59 Å². The predicted octanol–water partition coefficient (Wildman–Crippen LogP) is 2.25. The molecule has 0 aliphatic rings. The molecule has 96 valence electrons. The summed E-state index contributed by atoms with van der Waals surface area (Å²) in [7, 11) is 0. The summed E-state index contributed by atoms with van der Waals surface area (Å²) < 4.78 is 9.83. The molecular weight excluding hydrogens is 220 g/mol. The van der Waals surface area contributed by atoms with Gasteiger partial charge in [0.05, 0.1) is 13.2 Å². The summed E-state index contributed by atoms with van der Waals surface area (Å²) in [6.07, 6.45) is 3.79. The maximum absolute atomic E-state index is 10.9. The third-order valence-electron chi connectivity index (χ3n) is 2.18. The van der Waals surface area contributed by atoms with Gasteiger partial charge in [0, 0.05) is 12.2 Å². The number of ether oxygens (including phenoxy) is 2. The van der Waals surface area contributed by atoms with Gasteiger partial charge in [-0.1, -0.05) is 27.0 Å². The Balaban J connectivity index is 3.77. The third kappa shape index (κ3) is 8.25. The van der Waals surface area contributed by atoms with Crippen molar-refractivity contribution in [1.29, 1.82) is 0 Å². The second-order valence-electron chi connectivity index (χ2n) is 4.45. The van der Waals surface area contributed by atoms with E-state index >= 15 is 0 Å². The quantitative estimate of drug-likeness (QED) is 0.371. The molecule has 0 bridgehead atoms. The molecule has 0 unspecified atom stereocenters. The molecule has 17 heavy (non-hydrogen) atoms. The fourth-order valence-electron chi connectivity index (χ4n) is 1.18. The van der Waals surface area contributed by atoms with Crippen molar-refractivity contribution in [3.8, 4) is 0 Å². The zero-order valence-electron chi connectivity index (χ0n) is 10.5. The van der Waals surface area contributed by atoms with Crippen molar-refractivity contribution < 1.29 is 19.1 Å². The van der Waals surface area contributed by atoms with Gasteiger partial charge in [-0.05, 0) is 18.3 Å². The third-order valence-corrected chi connectivity index (χ3v) is 2.18. The Kier molecular flexibility index (Phi) is 6.94. The highest BCUT2D eigenvalue weighted by atomic mass is 16.5. The molecule has 0 heterocycles. The number of rotatable bonds is 8. The van der Waals surface area contributed by atoms with E-state index in [1.807, 2.05) is 13.8 Å². The van der Waals surface area contributed by atoms with E-state index in [4.69, 9.17) is 9.47 Å². The summed E-state index contributed by atoms with van der Waals surface area (Å²) >= 11 is 0. The van der Waals surface area contributed by atoms with Crippen LogP contribution in [0.25, 0.3) is 0 Å². The minimum absolute atomic E-state index is 0.140. The van der Waals surface area contributed by atoms with Crippen molar-refractivity contribution in [3.05, 3.63) is 25.3 Å². The first-order valence-electron chi connectivity index (χ1n) is 5.49. The maximum atomic E-state index is 10.9. The molecule has 4 heteroatoms. The van der Waals surface area contributed by atoms with Gasteiger partial charge in [-0.15, -0.1) is 0 Å². The fourth-order valence-corrected chi connectivity index (χ4v) is 1.18. The molecule has 0 amide bonds. The second kappa shape index (κ2) is 7.65. The van der Waals surface area contributed by atoms with Gasteiger partial charge in [0.2, 0.25) is 0 Å². The van der Waals surface area contributed by atoms with E-state index in [0.29, 0.717) is 13.2 Å². The molecule has 0 fully saturated rings. The summed E-state index contributed by atoms with van der Waals surface area (Å²) in [5.74, 6) is -0.836. The van der Waals surface area contributed by atoms with E-state index < -0.39 is 11.9 Å². The van der Waals surface area contributed by atoms with Crippen LogP contribution in [0.3, 0.4) is 0 Å². The van der Waals surface area contributed by atoms with Crippen LogP contribution in [0.15, 0.2) is 25.3 Å². The molecule has 0 saturated carbocycles. The summed E-state index contributed by atoms with van der Waals surface area (Å²) in [5, 5.41) is 0. The lowest BCUT2D eigenvalue weighted by Gasteiger charge is -2.23. The smallest absolute Gasteiger partial charge is 0.330 e. The minimum Gasteiger partial charge on any atom is -0.463 e. The molecule has 0 aliphatic heterocycles. The van der Waals surface area contributed by atoms with Crippen molar-refractivity contribution in [3.63, 3.8) is 0 Å². The second-order valence-corrected chi connectivity index (χ2v) is 4.45. The summed E-state index contributed by atoms with van der Waals surface area (Å²) in [6, 6.07) is 0. The fraction of sp³-hybridized carbons (Fsp3) is 0.538. The Bertz CT molecular complexity index is 292. The molecule has 0 atom stereocenters. The van der Waals surface area contributed by atoms with Crippen LogP contribution in [0.2, 0.25) is 0 Å². The van der Waals surface area contributed by atoms with Gasteiger partial charge in [0.1, 0.15) is 0 Å². The first-order valence-corrected chi connectivity index (χ1v) is 5.49. The van der Waals surface area contributed by atoms with Gasteiger partial charge >= 0.3 is 11.9 Å². The van der Waals surface area contributed by atoms with Crippen molar-refractivity contribution in [2.24, 2.45) is 5.41 Å². The molecule has 0 aromatic rings. The van der Waals surface area contributed by atoms with Gasteiger partial charge in [-0.25, -0.2) is 9.59 Å². The van der Waals surface area contributed by atoms with Crippen LogP contribution in [-0.2, 0) is 19.1 Å². The molecule has 0 saturated heterocycles. The molecule has 0 N–H and O–H groups in total. The standard InChI is InChI=1S/C13H20O4/c1-5-11(14)16-9-7-8-13(3,4)10-17-12(15)6-2/h5-6H,1-2,7-10H2,3-4H3. The van der Waals surface area contributed by atoms with E-state index in [2.05, 4.69) is 13.2 Å². The van der Waals surface area contributed by atoms with Gasteiger partial charge in [-0.2, -0.15) is 0 Å². The highest BCUT2D eigenvalue weighted by Crippen LogP contribution is 2.22. The zero-order chi connectivity index (χ0) is 13.3. The molecule has 4 nitrogen and oxygen atoms in total. The number of hydrogen-bond acceptors (Lipinski definition) is 4. The predicted molar refractivity (Wildman–Crippen MR) is 65.3 cm³/mol. The van der Waals surface area contributed by atoms with Crippen LogP contribution in [-0.4, -0.2) is 25.2 Å². The average Bonchev–Trinajstić information content (AvgIpc) is 2.31. The van der Waals surface area contributed by atoms with Crippen LogP contribution in [0.4, 0.5) is 0 Å².